The minimum Gasteiger partial charge on any atom is -0.356 e. The van der Waals surface area contributed by atoms with Gasteiger partial charge in [0.1, 0.15) is 0 Å². The molecule has 0 radical (unpaired) electrons. The Morgan fingerprint density at radius 2 is 2.29 bits per heavy atom. The Morgan fingerprint density at radius 1 is 1.57 bits per heavy atom. The standard InChI is InChI=1S/C10H16N2O2/c1-7(13)11-5-8-4-10(14)12(6-8)9-2-3-9/h8-9H,2-6H2,1H3,(H,11,13). The van der Waals surface area contributed by atoms with Crippen molar-refractivity contribution in [2.45, 2.75) is 32.2 Å². The molecule has 2 fully saturated rings. The fourth-order valence-electron chi connectivity index (χ4n) is 1.97. The first kappa shape index (κ1) is 9.49. The van der Waals surface area contributed by atoms with Crippen molar-refractivity contribution in [1.82, 2.24) is 10.2 Å². The lowest BCUT2D eigenvalue weighted by Crippen LogP contribution is -2.30. The Labute approximate surface area is 83.6 Å². The highest BCUT2D eigenvalue weighted by Crippen LogP contribution is 2.32. The normalized spacial score (nSPS) is 26.8. The van der Waals surface area contributed by atoms with Crippen LogP contribution in [0.1, 0.15) is 26.2 Å². The van der Waals surface area contributed by atoms with E-state index in [1.54, 1.807) is 0 Å². The molecule has 1 saturated carbocycles. The molecule has 14 heavy (non-hydrogen) atoms. The van der Waals surface area contributed by atoms with Gasteiger partial charge in [-0.15, -0.1) is 0 Å². The summed E-state index contributed by atoms with van der Waals surface area (Å²) in [7, 11) is 0. The molecule has 4 heteroatoms. The van der Waals surface area contributed by atoms with E-state index in [0.29, 0.717) is 24.9 Å². The molecule has 2 aliphatic rings. The van der Waals surface area contributed by atoms with Gasteiger partial charge in [-0.05, 0) is 12.8 Å². The second-order valence-electron chi connectivity index (χ2n) is 4.28. The van der Waals surface area contributed by atoms with Gasteiger partial charge in [0, 0.05) is 38.4 Å². The van der Waals surface area contributed by atoms with Crippen LogP contribution < -0.4 is 5.32 Å². The van der Waals surface area contributed by atoms with Gasteiger partial charge in [-0.3, -0.25) is 9.59 Å². The first-order valence-electron chi connectivity index (χ1n) is 5.20. The molecule has 1 aliphatic carbocycles. The van der Waals surface area contributed by atoms with E-state index in [0.717, 1.165) is 6.54 Å². The van der Waals surface area contributed by atoms with E-state index in [-0.39, 0.29) is 11.8 Å². The maximum Gasteiger partial charge on any atom is 0.223 e. The molecule has 1 saturated heterocycles. The summed E-state index contributed by atoms with van der Waals surface area (Å²) in [6.07, 6.45) is 2.94. The number of carbonyl (C=O) groups is 2. The van der Waals surface area contributed by atoms with Crippen molar-refractivity contribution in [3.8, 4) is 0 Å². The largest absolute Gasteiger partial charge is 0.356 e. The van der Waals surface area contributed by atoms with Crippen LogP contribution in [-0.2, 0) is 9.59 Å². The maximum absolute atomic E-state index is 11.5. The Hall–Kier alpha value is -1.06. The lowest BCUT2D eigenvalue weighted by atomic mass is 10.1. The number of likely N-dealkylation sites (tertiary alicyclic amines) is 1. The van der Waals surface area contributed by atoms with E-state index in [1.807, 2.05) is 4.90 Å². The van der Waals surface area contributed by atoms with Crippen LogP contribution in [0, 0.1) is 5.92 Å². The van der Waals surface area contributed by atoms with Crippen LogP contribution in [0.15, 0.2) is 0 Å². The van der Waals surface area contributed by atoms with Crippen molar-refractivity contribution in [2.24, 2.45) is 5.92 Å². The third kappa shape index (κ3) is 2.05. The van der Waals surface area contributed by atoms with Crippen molar-refractivity contribution in [3.63, 3.8) is 0 Å². The molecule has 1 heterocycles. The average Bonchev–Trinajstić information content (AvgIpc) is 2.88. The summed E-state index contributed by atoms with van der Waals surface area (Å²) in [6, 6.07) is 0.518. The summed E-state index contributed by atoms with van der Waals surface area (Å²) in [4.78, 5) is 24.2. The fraction of sp³-hybridized carbons (Fsp3) is 0.800. The first-order valence-corrected chi connectivity index (χ1v) is 5.20. The quantitative estimate of drug-likeness (QED) is 0.697. The molecule has 0 aromatic heterocycles. The topological polar surface area (TPSA) is 49.4 Å². The molecule has 0 aromatic carbocycles. The molecular formula is C10H16N2O2. The molecule has 0 spiro atoms. The smallest absolute Gasteiger partial charge is 0.223 e. The van der Waals surface area contributed by atoms with Gasteiger partial charge in [0.2, 0.25) is 11.8 Å². The van der Waals surface area contributed by atoms with Crippen molar-refractivity contribution >= 4 is 11.8 Å². The van der Waals surface area contributed by atoms with Gasteiger partial charge >= 0.3 is 0 Å². The van der Waals surface area contributed by atoms with Crippen molar-refractivity contribution < 1.29 is 9.59 Å². The summed E-state index contributed by atoms with van der Waals surface area (Å²) in [6.45, 7) is 2.99. The summed E-state index contributed by atoms with van der Waals surface area (Å²) in [5.41, 5.74) is 0. The average molecular weight is 196 g/mol. The van der Waals surface area contributed by atoms with Crippen molar-refractivity contribution in [2.75, 3.05) is 13.1 Å². The van der Waals surface area contributed by atoms with Gasteiger partial charge in [0.05, 0.1) is 0 Å². The minimum atomic E-state index is -0.0117. The van der Waals surface area contributed by atoms with Gasteiger partial charge in [-0.1, -0.05) is 0 Å². The number of rotatable bonds is 3. The monoisotopic (exact) mass is 196 g/mol. The highest BCUT2D eigenvalue weighted by atomic mass is 16.2. The molecule has 1 N–H and O–H groups in total. The van der Waals surface area contributed by atoms with Crippen LogP contribution in [0.4, 0.5) is 0 Å². The molecule has 0 aromatic rings. The lowest BCUT2D eigenvalue weighted by Gasteiger charge is -2.15. The van der Waals surface area contributed by atoms with Gasteiger partial charge in [0.15, 0.2) is 0 Å². The number of nitrogens with one attached hydrogen (secondary N) is 1. The van der Waals surface area contributed by atoms with Crippen LogP contribution in [0.2, 0.25) is 0 Å². The number of carbonyl (C=O) groups excluding carboxylic acids is 2. The van der Waals surface area contributed by atoms with E-state index >= 15 is 0 Å². The highest BCUT2D eigenvalue weighted by molar-refractivity contribution is 5.79. The maximum atomic E-state index is 11.5. The van der Waals surface area contributed by atoms with E-state index in [9.17, 15) is 9.59 Å². The molecule has 78 valence electrons. The molecular weight excluding hydrogens is 180 g/mol. The molecule has 2 amide bonds. The predicted molar refractivity (Wildman–Crippen MR) is 51.5 cm³/mol. The van der Waals surface area contributed by atoms with E-state index in [4.69, 9.17) is 0 Å². The number of amides is 2. The van der Waals surface area contributed by atoms with Crippen LogP contribution >= 0.6 is 0 Å². The van der Waals surface area contributed by atoms with Gasteiger partial charge < -0.3 is 10.2 Å². The predicted octanol–water partition coefficient (Wildman–Crippen LogP) is 0.133. The van der Waals surface area contributed by atoms with Crippen LogP contribution in [0.5, 0.6) is 0 Å². The van der Waals surface area contributed by atoms with Crippen molar-refractivity contribution in [1.29, 1.82) is 0 Å². The van der Waals surface area contributed by atoms with Gasteiger partial charge in [-0.25, -0.2) is 0 Å². The number of hydrogen-bond acceptors (Lipinski definition) is 2. The van der Waals surface area contributed by atoms with Crippen LogP contribution in [0.25, 0.3) is 0 Å². The molecule has 4 nitrogen and oxygen atoms in total. The third-order valence-electron chi connectivity index (χ3n) is 2.87. The van der Waals surface area contributed by atoms with Crippen molar-refractivity contribution in [3.05, 3.63) is 0 Å². The summed E-state index contributed by atoms with van der Waals surface area (Å²) < 4.78 is 0. The minimum absolute atomic E-state index is 0.0117. The van der Waals surface area contributed by atoms with Crippen LogP contribution in [0.3, 0.4) is 0 Å². The highest BCUT2D eigenvalue weighted by Gasteiger charge is 2.38. The Kier molecular flexibility index (Phi) is 2.44. The van der Waals surface area contributed by atoms with E-state index < -0.39 is 0 Å². The summed E-state index contributed by atoms with van der Waals surface area (Å²) >= 11 is 0. The third-order valence-corrected chi connectivity index (χ3v) is 2.87. The molecule has 1 atom stereocenters. The zero-order chi connectivity index (χ0) is 10.1. The van der Waals surface area contributed by atoms with Gasteiger partial charge in [0.25, 0.3) is 0 Å². The van der Waals surface area contributed by atoms with Gasteiger partial charge in [-0.2, -0.15) is 0 Å². The molecule has 1 unspecified atom stereocenters. The SMILES string of the molecule is CC(=O)NCC1CC(=O)N(C2CC2)C1. The zero-order valence-corrected chi connectivity index (χ0v) is 8.45. The second kappa shape index (κ2) is 3.59. The second-order valence-corrected chi connectivity index (χ2v) is 4.28. The first-order chi connectivity index (χ1) is 6.66. The number of hydrogen-bond donors (Lipinski definition) is 1. The zero-order valence-electron chi connectivity index (χ0n) is 8.45. The Balaban J connectivity index is 1.80. The lowest BCUT2D eigenvalue weighted by molar-refractivity contribution is -0.128. The molecule has 2 rings (SSSR count). The Morgan fingerprint density at radius 3 is 2.86 bits per heavy atom. The summed E-state index contributed by atoms with van der Waals surface area (Å²) in [5.74, 6) is 0.581. The fourth-order valence-corrected chi connectivity index (χ4v) is 1.97. The summed E-state index contributed by atoms with van der Waals surface area (Å²) in [5, 5.41) is 2.77. The van der Waals surface area contributed by atoms with E-state index in [2.05, 4.69) is 5.32 Å². The molecule has 0 bridgehead atoms. The Bertz CT molecular complexity index is 261. The number of nitrogens with zero attached hydrogens (tertiary/aromatic N) is 1. The van der Waals surface area contributed by atoms with Crippen LogP contribution in [-0.4, -0.2) is 35.8 Å². The van der Waals surface area contributed by atoms with E-state index in [1.165, 1.54) is 19.8 Å². The molecule has 1 aliphatic heterocycles.